The van der Waals surface area contributed by atoms with Crippen molar-refractivity contribution in [2.45, 2.75) is 39.0 Å². The van der Waals surface area contributed by atoms with Gasteiger partial charge in [0.05, 0.1) is 6.07 Å². The number of hydrogen-bond donors (Lipinski definition) is 2. The lowest BCUT2D eigenvalue weighted by atomic mass is 9.99. The molecule has 0 aromatic carbocycles. The zero-order valence-electron chi connectivity index (χ0n) is 11.4. The summed E-state index contributed by atoms with van der Waals surface area (Å²) >= 11 is 0. The molecule has 1 aliphatic rings. The lowest BCUT2D eigenvalue weighted by molar-refractivity contribution is -0.120. The molecule has 19 heavy (non-hydrogen) atoms. The molecular weight excluding hydrogens is 242 g/mol. The molecule has 0 bridgehead atoms. The van der Waals surface area contributed by atoms with E-state index in [9.17, 15) is 9.59 Å². The summed E-state index contributed by atoms with van der Waals surface area (Å²) in [5.41, 5.74) is 1.14. The minimum Gasteiger partial charge on any atom is -0.353 e. The highest BCUT2D eigenvalue weighted by Gasteiger charge is 2.16. The Hall–Kier alpha value is -1.83. The summed E-state index contributed by atoms with van der Waals surface area (Å²) in [4.78, 5) is 22.6. The summed E-state index contributed by atoms with van der Waals surface area (Å²) in [6.45, 7) is 2.73. The van der Waals surface area contributed by atoms with E-state index in [4.69, 9.17) is 5.26 Å². The molecule has 104 valence electrons. The Balaban J connectivity index is 2.19. The van der Waals surface area contributed by atoms with Gasteiger partial charge in [-0.15, -0.1) is 0 Å². The van der Waals surface area contributed by atoms with Crippen LogP contribution in [0.25, 0.3) is 0 Å². The average Bonchev–Trinajstić information content (AvgIpc) is 2.89. The maximum Gasteiger partial charge on any atom is 0.243 e. The van der Waals surface area contributed by atoms with Gasteiger partial charge in [-0.3, -0.25) is 9.59 Å². The minimum absolute atomic E-state index is 0.112. The summed E-state index contributed by atoms with van der Waals surface area (Å²) in [6.07, 6.45) is 6.38. The van der Waals surface area contributed by atoms with Crippen molar-refractivity contribution in [3.05, 3.63) is 11.6 Å². The van der Waals surface area contributed by atoms with Gasteiger partial charge in [-0.25, -0.2) is 0 Å². The number of rotatable bonds is 6. The number of amides is 2. The Morgan fingerprint density at radius 2 is 1.89 bits per heavy atom. The zero-order chi connectivity index (χ0) is 14.1. The Bertz CT molecular complexity index is 390. The first-order valence-electron chi connectivity index (χ1n) is 6.73. The molecule has 2 amide bonds. The van der Waals surface area contributed by atoms with E-state index in [-0.39, 0.29) is 18.2 Å². The third-order valence-electron chi connectivity index (χ3n) is 3.34. The van der Waals surface area contributed by atoms with Crippen molar-refractivity contribution in [2.75, 3.05) is 13.1 Å². The number of allylic oxidation sites excluding steroid dienone is 1. The Kier molecular flexibility index (Phi) is 6.65. The zero-order valence-corrected chi connectivity index (χ0v) is 11.4. The SMILES string of the molecule is C/C(=C\C(=O)NCCNC(=O)CC#N)C1CCCC1. The van der Waals surface area contributed by atoms with Gasteiger partial charge in [0.2, 0.25) is 11.8 Å². The maximum absolute atomic E-state index is 11.6. The second-order valence-corrected chi connectivity index (χ2v) is 4.85. The highest BCUT2D eigenvalue weighted by molar-refractivity contribution is 5.88. The molecule has 2 N–H and O–H groups in total. The van der Waals surface area contributed by atoms with Crippen LogP contribution in [0.3, 0.4) is 0 Å². The molecule has 0 atom stereocenters. The van der Waals surface area contributed by atoms with Gasteiger partial charge in [-0.1, -0.05) is 18.4 Å². The standard InChI is InChI=1S/C14H21N3O2/c1-11(12-4-2-3-5-12)10-14(19)17-9-8-16-13(18)6-7-15/h10,12H,2-6,8-9H2,1H3,(H,16,18)(H,17,19)/b11-10+. The first-order valence-corrected chi connectivity index (χ1v) is 6.73. The van der Waals surface area contributed by atoms with Crippen LogP contribution in [-0.2, 0) is 9.59 Å². The third-order valence-corrected chi connectivity index (χ3v) is 3.34. The fourth-order valence-electron chi connectivity index (χ4n) is 2.28. The molecule has 0 aromatic heterocycles. The van der Waals surface area contributed by atoms with Gasteiger partial charge < -0.3 is 10.6 Å². The first kappa shape index (κ1) is 15.2. The topological polar surface area (TPSA) is 82.0 Å². The van der Waals surface area contributed by atoms with E-state index in [1.807, 2.05) is 6.92 Å². The molecule has 0 aliphatic heterocycles. The highest BCUT2D eigenvalue weighted by atomic mass is 16.2. The smallest absolute Gasteiger partial charge is 0.243 e. The van der Waals surface area contributed by atoms with Gasteiger partial charge in [-0.05, 0) is 25.7 Å². The number of nitriles is 1. The van der Waals surface area contributed by atoms with E-state index < -0.39 is 0 Å². The highest BCUT2D eigenvalue weighted by Crippen LogP contribution is 2.30. The largest absolute Gasteiger partial charge is 0.353 e. The quantitative estimate of drug-likeness (QED) is 0.559. The predicted octanol–water partition coefficient (Wildman–Crippen LogP) is 1.27. The van der Waals surface area contributed by atoms with Gasteiger partial charge >= 0.3 is 0 Å². The molecule has 1 saturated carbocycles. The summed E-state index contributed by atoms with van der Waals surface area (Å²) in [6, 6.07) is 1.77. The molecule has 0 saturated heterocycles. The lowest BCUT2D eigenvalue weighted by Gasteiger charge is -2.09. The monoisotopic (exact) mass is 263 g/mol. The summed E-state index contributed by atoms with van der Waals surface area (Å²) in [5, 5.41) is 13.6. The van der Waals surface area contributed by atoms with Gasteiger partial charge in [0.1, 0.15) is 6.42 Å². The van der Waals surface area contributed by atoms with Gasteiger partial charge in [0.25, 0.3) is 0 Å². The first-order chi connectivity index (χ1) is 9.13. The molecule has 0 aromatic rings. The van der Waals surface area contributed by atoms with Gasteiger partial charge in [0.15, 0.2) is 0 Å². The molecule has 0 heterocycles. The van der Waals surface area contributed by atoms with E-state index in [1.165, 1.54) is 25.7 Å². The Morgan fingerprint density at radius 1 is 1.26 bits per heavy atom. The fraction of sp³-hybridized carbons (Fsp3) is 0.643. The van der Waals surface area contributed by atoms with Crippen molar-refractivity contribution in [3.8, 4) is 6.07 Å². The molecule has 0 radical (unpaired) electrons. The van der Waals surface area contributed by atoms with Crippen LogP contribution in [0.4, 0.5) is 0 Å². The van der Waals surface area contributed by atoms with Crippen molar-refractivity contribution in [2.24, 2.45) is 5.92 Å². The van der Waals surface area contributed by atoms with E-state index in [2.05, 4.69) is 10.6 Å². The van der Waals surface area contributed by atoms with E-state index in [0.717, 1.165) is 5.57 Å². The van der Waals surface area contributed by atoms with Crippen LogP contribution < -0.4 is 10.6 Å². The average molecular weight is 263 g/mol. The number of carbonyl (C=O) groups is 2. The molecule has 0 unspecified atom stereocenters. The number of hydrogen-bond acceptors (Lipinski definition) is 3. The van der Waals surface area contributed by atoms with Crippen LogP contribution >= 0.6 is 0 Å². The Morgan fingerprint density at radius 3 is 2.53 bits per heavy atom. The number of carbonyl (C=O) groups excluding carboxylic acids is 2. The fourth-order valence-corrected chi connectivity index (χ4v) is 2.28. The lowest BCUT2D eigenvalue weighted by Crippen LogP contribution is -2.33. The molecule has 0 spiro atoms. The van der Waals surface area contributed by atoms with Crippen LogP contribution in [0.1, 0.15) is 39.0 Å². The normalized spacial score (nSPS) is 15.9. The van der Waals surface area contributed by atoms with E-state index in [0.29, 0.717) is 19.0 Å². The van der Waals surface area contributed by atoms with Crippen LogP contribution in [0.15, 0.2) is 11.6 Å². The van der Waals surface area contributed by atoms with Gasteiger partial charge in [0, 0.05) is 19.2 Å². The maximum atomic E-state index is 11.6. The van der Waals surface area contributed by atoms with Gasteiger partial charge in [-0.2, -0.15) is 5.26 Å². The molecule has 1 aliphatic carbocycles. The summed E-state index contributed by atoms with van der Waals surface area (Å²) in [5.74, 6) is 0.134. The van der Waals surface area contributed by atoms with E-state index >= 15 is 0 Å². The van der Waals surface area contributed by atoms with Crippen LogP contribution in [0, 0.1) is 17.2 Å². The van der Waals surface area contributed by atoms with Crippen LogP contribution in [-0.4, -0.2) is 24.9 Å². The Labute approximate surface area is 114 Å². The second-order valence-electron chi connectivity index (χ2n) is 4.85. The third kappa shape index (κ3) is 6.05. The molecule has 5 nitrogen and oxygen atoms in total. The van der Waals surface area contributed by atoms with Crippen molar-refractivity contribution in [1.82, 2.24) is 10.6 Å². The van der Waals surface area contributed by atoms with Crippen molar-refractivity contribution < 1.29 is 9.59 Å². The minimum atomic E-state index is -0.311. The molecular formula is C14H21N3O2. The summed E-state index contributed by atoms with van der Waals surface area (Å²) < 4.78 is 0. The molecule has 1 fully saturated rings. The van der Waals surface area contributed by atoms with Crippen molar-refractivity contribution >= 4 is 11.8 Å². The number of nitrogens with one attached hydrogen (secondary N) is 2. The number of nitrogens with zero attached hydrogens (tertiary/aromatic N) is 1. The van der Waals surface area contributed by atoms with Crippen LogP contribution in [0.2, 0.25) is 0 Å². The van der Waals surface area contributed by atoms with Crippen LogP contribution in [0.5, 0.6) is 0 Å². The molecule has 5 heteroatoms. The predicted molar refractivity (Wildman–Crippen MR) is 72.0 cm³/mol. The van der Waals surface area contributed by atoms with Crippen molar-refractivity contribution in [3.63, 3.8) is 0 Å². The van der Waals surface area contributed by atoms with E-state index in [1.54, 1.807) is 12.1 Å². The summed E-state index contributed by atoms with van der Waals surface area (Å²) in [7, 11) is 0. The molecule has 1 rings (SSSR count). The second kappa shape index (κ2) is 8.30. The van der Waals surface area contributed by atoms with Crippen molar-refractivity contribution in [1.29, 1.82) is 5.26 Å².